The molecule has 6 aromatic rings. The van der Waals surface area contributed by atoms with Gasteiger partial charge in [-0.3, -0.25) is 41.0 Å². The predicted molar refractivity (Wildman–Crippen MR) is 276 cm³/mol. The van der Waals surface area contributed by atoms with Gasteiger partial charge in [-0.05, 0) is 97.8 Å². The Balaban J connectivity index is 1.28. The molecule has 28 nitrogen and oxygen atoms in total. The Bertz CT molecular complexity index is 4040. The standard InChI is InChI=1S/C41H35Cl2N7O21S6/c1-19-10-30(48-49-36-20(2)9-25-26(39(36)54)11-23(12-31(25)74(58,59)60)44-34(51)15-72(56)70-17-42)32(75(61,62)63)14-29(19)46-41(55)21-3-5-22(6-4-21)47-50-37-33(76(64,65)66)13-27-24(38(37)53)7-8-28(40(27)77(67,68)69)45-35(52)16-73(57)71-18-43/h3-14,53-54H,15-18H2,1-2H3,(H,44,51)(H,45,52)(H,46,55)(H,58,59,60)(H,61,62,63)(H,64,65,66)(H,67,68,69). The number of benzene rings is 6. The summed E-state index contributed by atoms with van der Waals surface area (Å²) in [5.74, 6) is -6.42. The second-order valence-corrected chi connectivity index (χ2v) is 23.7. The van der Waals surface area contributed by atoms with Crippen molar-refractivity contribution in [3.63, 3.8) is 0 Å². The van der Waals surface area contributed by atoms with Crippen molar-refractivity contribution in [2.45, 2.75) is 33.4 Å². The number of carbonyl (C=O) groups excluding carboxylic acids is 3. The zero-order chi connectivity index (χ0) is 57.1. The van der Waals surface area contributed by atoms with Gasteiger partial charge < -0.3 is 26.2 Å². The molecule has 0 aromatic heterocycles. The number of fused-ring (bicyclic) bond motifs is 2. The highest BCUT2D eigenvalue weighted by Gasteiger charge is 2.29. The second kappa shape index (κ2) is 23.6. The van der Waals surface area contributed by atoms with E-state index in [-0.39, 0.29) is 50.2 Å². The lowest BCUT2D eigenvalue weighted by Gasteiger charge is -2.15. The number of phenols is 2. The van der Waals surface area contributed by atoms with Crippen molar-refractivity contribution in [1.29, 1.82) is 0 Å². The number of rotatable bonds is 20. The largest absolute Gasteiger partial charge is 0.505 e. The van der Waals surface area contributed by atoms with Gasteiger partial charge in [0.1, 0.15) is 60.3 Å². The van der Waals surface area contributed by atoms with E-state index < -0.39 is 163 Å². The van der Waals surface area contributed by atoms with Crippen molar-refractivity contribution in [2.75, 3.05) is 39.6 Å². The third-order valence-electron chi connectivity index (χ3n) is 10.2. The number of anilines is 3. The molecule has 0 aliphatic rings. The molecule has 0 heterocycles. The zero-order valence-corrected chi connectivity index (χ0v) is 45.0. The van der Waals surface area contributed by atoms with Crippen LogP contribution < -0.4 is 16.0 Å². The number of carbonyl (C=O) groups is 3. The van der Waals surface area contributed by atoms with Gasteiger partial charge in [0.05, 0.1) is 11.4 Å². The van der Waals surface area contributed by atoms with Crippen molar-refractivity contribution in [1.82, 2.24) is 0 Å². The quantitative estimate of drug-likeness (QED) is 0.0217. The Hall–Kier alpha value is -6.51. The van der Waals surface area contributed by atoms with Gasteiger partial charge in [0, 0.05) is 38.5 Å². The molecule has 0 spiro atoms. The van der Waals surface area contributed by atoms with E-state index in [9.17, 15) is 84.9 Å². The zero-order valence-electron chi connectivity index (χ0n) is 38.6. The molecular weight excluding hydrogens is 1190 g/mol. The van der Waals surface area contributed by atoms with Gasteiger partial charge >= 0.3 is 0 Å². The minimum Gasteiger partial charge on any atom is -0.505 e. The number of azo groups is 2. The molecule has 410 valence electrons. The Morgan fingerprint density at radius 3 is 1.66 bits per heavy atom. The molecule has 2 atom stereocenters. The molecule has 0 saturated heterocycles. The summed E-state index contributed by atoms with van der Waals surface area (Å²) < 4.78 is 174. The summed E-state index contributed by atoms with van der Waals surface area (Å²) in [4.78, 5) is 34.3. The summed E-state index contributed by atoms with van der Waals surface area (Å²) in [5, 5.41) is 42.9. The molecule has 0 radical (unpaired) electrons. The number of halogens is 2. The predicted octanol–water partition coefficient (Wildman–Crippen LogP) is 6.72. The van der Waals surface area contributed by atoms with Gasteiger partial charge in [-0.2, -0.15) is 38.8 Å². The minimum absolute atomic E-state index is 0.0226. The van der Waals surface area contributed by atoms with Crippen LogP contribution in [-0.4, -0.2) is 112 Å². The minimum atomic E-state index is -5.40. The van der Waals surface area contributed by atoms with Crippen molar-refractivity contribution in [3.8, 4) is 11.5 Å². The van der Waals surface area contributed by atoms with Crippen LogP contribution in [-0.2, 0) is 80.6 Å². The lowest BCUT2D eigenvalue weighted by Crippen LogP contribution is -2.21. The second-order valence-electron chi connectivity index (χ2n) is 15.5. The van der Waals surface area contributed by atoms with Crippen LogP contribution in [0, 0.1) is 13.8 Å². The van der Waals surface area contributed by atoms with E-state index in [0.717, 1.165) is 60.7 Å². The van der Waals surface area contributed by atoms with E-state index in [0.29, 0.717) is 6.07 Å². The summed E-state index contributed by atoms with van der Waals surface area (Å²) in [6, 6.07) is 11.0. The van der Waals surface area contributed by atoms with Gasteiger partial charge in [-0.25, -0.2) is 8.42 Å². The van der Waals surface area contributed by atoms with Gasteiger partial charge in [0.25, 0.3) is 46.4 Å². The van der Waals surface area contributed by atoms with Crippen LogP contribution in [0.2, 0.25) is 0 Å². The lowest BCUT2D eigenvalue weighted by atomic mass is 10.0. The van der Waals surface area contributed by atoms with E-state index in [2.05, 4.69) is 44.8 Å². The number of amides is 3. The molecule has 0 aliphatic heterocycles. The number of nitrogens with zero attached hydrogens (tertiary/aromatic N) is 4. The normalized spacial score (nSPS) is 13.3. The molecule has 0 fully saturated rings. The maximum absolute atomic E-state index is 13.4. The number of phenolic OH excluding ortho intramolecular Hbond substituents is 2. The summed E-state index contributed by atoms with van der Waals surface area (Å²) in [6.45, 7) is 2.73. The maximum Gasteiger partial charge on any atom is 0.297 e. The third-order valence-corrected chi connectivity index (χ3v) is 16.1. The summed E-state index contributed by atoms with van der Waals surface area (Å²) in [5.41, 5.74) is -3.13. The molecule has 9 N–H and O–H groups in total. The van der Waals surface area contributed by atoms with Crippen LogP contribution in [0.3, 0.4) is 0 Å². The van der Waals surface area contributed by atoms with Crippen molar-refractivity contribution >= 4 is 165 Å². The molecule has 77 heavy (non-hydrogen) atoms. The SMILES string of the molecule is Cc1cc(N=Nc2c(C)cc3c(S(=O)(=O)O)cc(NC(=O)CS(=O)OCCl)cc3c2O)c(S(=O)(=O)O)cc1NC(=O)c1ccc(N=Nc2c(S(=O)(=O)O)cc3c(S(=O)(=O)O)c(NC(=O)CS(=O)OCCl)ccc3c2O)cc1. The van der Waals surface area contributed by atoms with Gasteiger partial charge in [-0.1, -0.05) is 23.2 Å². The van der Waals surface area contributed by atoms with Gasteiger partial charge in [0.2, 0.25) is 11.8 Å². The first-order chi connectivity index (χ1) is 35.8. The number of aromatic hydroxyl groups is 2. The van der Waals surface area contributed by atoms with Crippen molar-refractivity contribution in [3.05, 3.63) is 89.5 Å². The highest BCUT2D eigenvalue weighted by molar-refractivity contribution is 7.87. The molecular formula is C41H35Cl2N7O21S6. The van der Waals surface area contributed by atoms with Crippen molar-refractivity contribution < 1.29 is 93.3 Å². The van der Waals surface area contributed by atoms with E-state index in [4.69, 9.17) is 23.2 Å². The average molecular weight is 1230 g/mol. The van der Waals surface area contributed by atoms with Crippen LogP contribution in [0.1, 0.15) is 21.5 Å². The first-order valence-corrected chi connectivity index (χ1v) is 29.8. The van der Waals surface area contributed by atoms with Crippen LogP contribution in [0.4, 0.5) is 39.8 Å². The van der Waals surface area contributed by atoms with E-state index in [1.54, 1.807) is 0 Å². The van der Waals surface area contributed by atoms with Gasteiger partial charge in [-0.15, -0.1) is 15.3 Å². The summed E-state index contributed by atoms with van der Waals surface area (Å²) in [7, 11) is -21.0. The number of alkyl halides is 2. The Morgan fingerprint density at radius 2 is 1.10 bits per heavy atom. The highest BCUT2D eigenvalue weighted by Crippen LogP contribution is 2.46. The molecule has 6 rings (SSSR count). The molecule has 2 unspecified atom stereocenters. The third kappa shape index (κ3) is 14.4. The Labute approximate surface area is 449 Å². The molecule has 3 amide bonds. The molecule has 0 bridgehead atoms. The number of nitrogens with one attached hydrogen (secondary N) is 3. The first-order valence-electron chi connectivity index (χ1n) is 20.5. The van der Waals surface area contributed by atoms with E-state index in [1.807, 2.05) is 0 Å². The number of hydrogen-bond donors (Lipinski definition) is 9. The molecule has 36 heteroatoms. The Kier molecular flexibility index (Phi) is 18.3. The summed E-state index contributed by atoms with van der Waals surface area (Å²) >= 11 is 6.23. The van der Waals surface area contributed by atoms with E-state index in [1.165, 1.54) is 19.9 Å². The van der Waals surface area contributed by atoms with Crippen LogP contribution >= 0.6 is 23.2 Å². The summed E-state index contributed by atoms with van der Waals surface area (Å²) in [6.07, 6.45) is 0. The first kappa shape index (κ1) is 59.7. The molecule has 0 saturated carbocycles. The number of hydrogen-bond acceptors (Lipinski definition) is 21. The number of aryl methyl sites for hydroxylation is 2. The fourth-order valence-electron chi connectivity index (χ4n) is 7.00. The fraction of sp³-hybridized carbons (Fsp3) is 0.146. The monoisotopic (exact) mass is 1220 g/mol. The van der Waals surface area contributed by atoms with E-state index >= 15 is 0 Å². The highest BCUT2D eigenvalue weighted by atomic mass is 35.5. The smallest absolute Gasteiger partial charge is 0.297 e. The fourth-order valence-corrected chi connectivity index (χ4v) is 11.4. The lowest BCUT2D eigenvalue weighted by molar-refractivity contribution is -0.114. The topological polar surface area (TPSA) is 447 Å². The van der Waals surface area contributed by atoms with Gasteiger partial charge in [0.15, 0.2) is 33.7 Å². The average Bonchev–Trinajstić information content (AvgIpc) is 3.32. The van der Waals surface area contributed by atoms with Crippen molar-refractivity contribution in [2.24, 2.45) is 20.5 Å². The van der Waals surface area contributed by atoms with Crippen LogP contribution in [0.25, 0.3) is 21.5 Å². The Morgan fingerprint density at radius 1 is 0.545 bits per heavy atom. The maximum atomic E-state index is 13.4. The van der Waals surface area contributed by atoms with Crippen LogP contribution in [0.15, 0.2) is 113 Å². The molecule has 6 aromatic carbocycles. The van der Waals surface area contributed by atoms with Crippen LogP contribution in [0.5, 0.6) is 11.5 Å². The molecule has 0 aliphatic carbocycles.